The molecule has 0 heterocycles. The molecule has 16 heavy (non-hydrogen) atoms. The Morgan fingerprint density at radius 3 is 2.00 bits per heavy atom. The van der Waals surface area contributed by atoms with Crippen LogP contribution in [0, 0.1) is 0 Å². The standard InChI is InChI=1S/C13H28O2S/c1-3-4-5-6-7-8-9-10-11-16(15)12-13(2)14/h13-14H,3-12H2,1-2H3. The van der Waals surface area contributed by atoms with Crippen LogP contribution in [-0.2, 0) is 11.2 Å². The average molecular weight is 248 g/mol. The van der Waals surface area contributed by atoms with Crippen LogP contribution in [0.5, 0.6) is 0 Å². The lowest BCUT2D eigenvalue weighted by Gasteiger charge is -2.12. The summed E-state index contributed by atoms with van der Waals surface area (Å²) >= 11 is -0.810. The molecule has 0 aromatic heterocycles. The zero-order valence-electron chi connectivity index (χ0n) is 10.9. The van der Waals surface area contributed by atoms with Crippen molar-refractivity contribution in [3.05, 3.63) is 0 Å². The van der Waals surface area contributed by atoms with E-state index in [0.717, 1.165) is 12.2 Å². The SMILES string of the molecule is CCCCCCCCCC[S+]([O-])CC(C)O. The van der Waals surface area contributed by atoms with Gasteiger partial charge < -0.3 is 9.66 Å². The molecule has 0 saturated heterocycles. The molecule has 0 saturated carbocycles. The third-order valence-corrected chi connectivity index (χ3v) is 4.25. The Balaban J connectivity index is 3.08. The van der Waals surface area contributed by atoms with Gasteiger partial charge in [-0.1, -0.05) is 56.6 Å². The summed E-state index contributed by atoms with van der Waals surface area (Å²) in [6.45, 7) is 3.93. The maximum absolute atomic E-state index is 11.4. The molecule has 0 spiro atoms. The summed E-state index contributed by atoms with van der Waals surface area (Å²) in [5.74, 6) is 1.20. The second-order valence-corrected chi connectivity index (χ2v) is 6.26. The first-order valence-corrected chi connectivity index (χ1v) is 8.18. The van der Waals surface area contributed by atoms with Gasteiger partial charge in [-0.2, -0.15) is 0 Å². The topological polar surface area (TPSA) is 43.3 Å². The van der Waals surface area contributed by atoms with Crippen molar-refractivity contribution >= 4 is 11.2 Å². The summed E-state index contributed by atoms with van der Waals surface area (Å²) < 4.78 is 11.4. The van der Waals surface area contributed by atoms with Gasteiger partial charge in [0.05, 0.1) is 6.10 Å². The quantitative estimate of drug-likeness (QED) is 0.450. The molecule has 0 fully saturated rings. The van der Waals surface area contributed by atoms with Crippen LogP contribution in [-0.4, -0.2) is 27.3 Å². The van der Waals surface area contributed by atoms with Gasteiger partial charge in [0.2, 0.25) is 0 Å². The lowest BCUT2D eigenvalue weighted by molar-refractivity contribution is 0.218. The highest BCUT2D eigenvalue weighted by molar-refractivity contribution is 7.91. The van der Waals surface area contributed by atoms with Crippen LogP contribution in [0.15, 0.2) is 0 Å². The highest BCUT2D eigenvalue weighted by Crippen LogP contribution is 2.09. The minimum Gasteiger partial charge on any atom is -0.616 e. The molecule has 0 rings (SSSR count). The first-order chi connectivity index (χ1) is 7.66. The Labute approximate surface area is 104 Å². The van der Waals surface area contributed by atoms with Crippen molar-refractivity contribution < 1.29 is 9.66 Å². The van der Waals surface area contributed by atoms with Crippen molar-refractivity contribution in [2.45, 2.75) is 71.3 Å². The van der Waals surface area contributed by atoms with Crippen LogP contribution in [0.1, 0.15) is 65.2 Å². The van der Waals surface area contributed by atoms with Crippen molar-refractivity contribution in [2.24, 2.45) is 0 Å². The van der Waals surface area contributed by atoms with Crippen molar-refractivity contribution in [2.75, 3.05) is 11.5 Å². The van der Waals surface area contributed by atoms with Crippen LogP contribution in [0.3, 0.4) is 0 Å². The molecule has 3 heteroatoms. The monoisotopic (exact) mass is 248 g/mol. The Bertz CT molecular complexity index is 140. The van der Waals surface area contributed by atoms with E-state index >= 15 is 0 Å². The average Bonchev–Trinajstić information content (AvgIpc) is 2.21. The van der Waals surface area contributed by atoms with E-state index in [1.807, 2.05) is 0 Å². The van der Waals surface area contributed by atoms with E-state index in [0.29, 0.717) is 5.75 Å². The molecular weight excluding hydrogens is 220 g/mol. The minimum atomic E-state index is -0.810. The molecule has 0 amide bonds. The van der Waals surface area contributed by atoms with Gasteiger partial charge in [0.25, 0.3) is 0 Å². The number of unbranched alkanes of at least 4 members (excludes halogenated alkanes) is 7. The summed E-state index contributed by atoms with van der Waals surface area (Å²) in [5, 5.41) is 9.05. The smallest absolute Gasteiger partial charge is 0.131 e. The molecule has 98 valence electrons. The lowest BCUT2D eigenvalue weighted by atomic mass is 10.1. The first kappa shape index (κ1) is 16.3. The number of hydrogen-bond acceptors (Lipinski definition) is 2. The highest BCUT2D eigenvalue weighted by atomic mass is 32.2. The predicted octanol–water partition coefficient (Wildman–Crippen LogP) is 3.26. The molecule has 0 aliphatic heterocycles. The van der Waals surface area contributed by atoms with Gasteiger partial charge >= 0.3 is 0 Å². The zero-order valence-corrected chi connectivity index (χ0v) is 11.7. The molecule has 2 unspecified atom stereocenters. The Hall–Kier alpha value is 0.270. The molecule has 0 aromatic carbocycles. The van der Waals surface area contributed by atoms with Gasteiger partial charge in [-0.25, -0.2) is 0 Å². The van der Waals surface area contributed by atoms with E-state index in [2.05, 4.69) is 6.92 Å². The van der Waals surface area contributed by atoms with Crippen LogP contribution >= 0.6 is 0 Å². The number of aliphatic hydroxyl groups excluding tert-OH is 1. The third kappa shape index (κ3) is 12.3. The predicted molar refractivity (Wildman–Crippen MR) is 72.2 cm³/mol. The van der Waals surface area contributed by atoms with Crippen molar-refractivity contribution in [1.82, 2.24) is 0 Å². The van der Waals surface area contributed by atoms with E-state index in [4.69, 9.17) is 5.11 Å². The minimum absolute atomic E-state index is 0.421. The van der Waals surface area contributed by atoms with Crippen molar-refractivity contribution in [3.63, 3.8) is 0 Å². The van der Waals surface area contributed by atoms with Crippen LogP contribution < -0.4 is 0 Å². The molecule has 0 aliphatic carbocycles. The van der Waals surface area contributed by atoms with Gasteiger partial charge in [0.15, 0.2) is 0 Å². The summed E-state index contributed by atoms with van der Waals surface area (Å²) in [5.41, 5.74) is 0. The Morgan fingerprint density at radius 2 is 1.50 bits per heavy atom. The fourth-order valence-electron chi connectivity index (χ4n) is 1.75. The second-order valence-electron chi connectivity index (χ2n) is 4.63. The molecule has 2 atom stereocenters. The molecule has 2 nitrogen and oxygen atoms in total. The highest BCUT2D eigenvalue weighted by Gasteiger charge is 2.09. The zero-order chi connectivity index (χ0) is 12.2. The van der Waals surface area contributed by atoms with E-state index in [-0.39, 0.29) is 0 Å². The van der Waals surface area contributed by atoms with Gasteiger partial charge in [-0.3, -0.25) is 0 Å². The van der Waals surface area contributed by atoms with E-state index in [1.165, 1.54) is 44.9 Å². The second kappa shape index (κ2) is 11.7. The molecule has 0 bridgehead atoms. The van der Waals surface area contributed by atoms with E-state index < -0.39 is 17.3 Å². The normalized spacial score (nSPS) is 15.0. The molecule has 0 radical (unpaired) electrons. The number of hydrogen-bond donors (Lipinski definition) is 1. The van der Waals surface area contributed by atoms with Crippen molar-refractivity contribution in [1.29, 1.82) is 0 Å². The summed E-state index contributed by atoms with van der Waals surface area (Å²) in [4.78, 5) is 0. The van der Waals surface area contributed by atoms with E-state index in [1.54, 1.807) is 6.92 Å². The van der Waals surface area contributed by atoms with Gasteiger partial charge in [-0.15, -0.1) is 0 Å². The summed E-state index contributed by atoms with van der Waals surface area (Å²) in [6.07, 6.45) is 9.80. The van der Waals surface area contributed by atoms with Crippen LogP contribution in [0.4, 0.5) is 0 Å². The van der Waals surface area contributed by atoms with Gasteiger partial charge in [0.1, 0.15) is 11.5 Å². The van der Waals surface area contributed by atoms with Crippen molar-refractivity contribution in [3.8, 4) is 0 Å². The fraction of sp³-hybridized carbons (Fsp3) is 1.00. The molecule has 1 N–H and O–H groups in total. The first-order valence-electron chi connectivity index (χ1n) is 6.69. The number of aliphatic hydroxyl groups is 1. The summed E-state index contributed by atoms with van der Waals surface area (Å²) in [6, 6.07) is 0. The van der Waals surface area contributed by atoms with Crippen LogP contribution in [0.2, 0.25) is 0 Å². The Kier molecular flexibility index (Phi) is 11.9. The third-order valence-electron chi connectivity index (χ3n) is 2.65. The maximum Gasteiger partial charge on any atom is 0.131 e. The molecular formula is C13H28O2S. The number of rotatable bonds is 11. The van der Waals surface area contributed by atoms with Crippen LogP contribution in [0.25, 0.3) is 0 Å². The summed E-state index contributed by atoms with van der Waals surface area (Å²) in [7, 11) is 0. The molecule has 0 aliphatic rings. The van der Waals surface area contributed by atoms with E-state index in [9.17, 15) is 4.55 Å². The lowest BCUT2D eigenvalue weighted by Crippen LogP contribution is -2.20. The Morgan fingerprint density at radius 1 is 1.00 bits per heavy atom. The fourth-order valence-corrected chi connectivity index (χ4v) is 2.98. The maximum atomic E-state index is 11.4. The van der Waals surface area contributed by atoms with Gasteiger partial charge in [0, 0.05) is 0 Å². The van der Waals surface area contributed by atoms with Gasteiger partial charge in [-0.05, 0) is 19.8 Å². The largest absolute Gasteiger partial charge is 0.616 e. The molecule has 0 aromatic rings.